The molecule has 1 aromatic rings. The highest BCUT2D eigenvalue weighted by molar-refractivity contribution is 5.83. The van der Waals surface area contributed by atoms with Gasteiger partial charge >= 0.3 is 12.0 Å². The van der Waals surface area contributed by atoms with Gasteiger partial charge < -0.3 is 20.4 Å². The second-order valence-corrected chi connectivity index (χ2v) is 4.58. The van der Waals surface area contributed by atoms with Gasteiger partial charge in [-0.3, -0.25) is 4.68 Å². The van der Waals surface area contributed by atoms with Crippen molar-refractivity contribution in [3.63, 3.8) is 0 Å². The Morgan fingerprint density at radius 3 is 2.89 bits per heavy atom. The number of aryl methyl sites for hydroxylation is 1. The smallest absolute Gasteiger partial charge is 0.326 e. The van der Waals surface area contributed by atoms with Gasteiger partial charge in [-0.1, -0.05) is 0 Å². The van der Waals surface area contributed by atoms with Gasteiger partial charge in [0.05, 0.1) is 12.3 Å². The lowest BCUT2D eigenvalue weighted by Crippen LogP contribution is -2.45. The maximum atomic E-state index is 11.9. The molecule has 1 aromatic heterocycles. The van der Waals surface area contributed by atoms with E-state index in [0.29, 0.717) is 0 Å². The lowest BCUT2D eigenvalue weighted by atomic mass is 10.2. The Hall–Kier alpha value is -2.09. The van der Waals surface area contributed by atoms with Crippen molar-refractivity contribution in [3.8, 4) is 0 Å². The molecule has 2 heterocycles. The topological polar surface area (TPSA) is 108 Å². The van der Waals surface area contributed by atoms with E-state index < -0.39 is 24.1 Å². The average Bonchev–Trinajstić information content (AvgIpc) is 2.92. The van der Waals surface area contributed by atoms with Gasteiger partial charge in [-0.05, 0) is 0 Å². The van der Waals surface area contributed by atoms with E-state index in [-0.39, 0.29) is 19.5 Å². The standard InChI is InChI=1S/C11H16N4O4/c1-14-5-7(4-13-14)3-12-11(19)15-6-8(16)2-9(15)10(17)18/h4-5,8-9,16H,2-3,6H2,1H3,(H,12,19)(H,17,18)/t8-,9+/m1/s1. The van der Waals surface area contributed by atoms with Crippen LogP contribution in [0.25, 0.3) is 0 Å². The fraction of sp³-hybridized carbons (Fsp3) is 0.545. The molecule has 1 saturated heterocycles. The maximum absolute atomic E-state index is 11.9. The summed E-state index contributed by atoms with van der Waals surface area (Å²) in [5.41, 5.74) is 0.822. The Morgan fingerprint density at radius 1 is 1.58 bits per heavy atom. The van der Waals surface area contributed by atoms with Crippen molar-refractivity contribution in [1.82, 2.24) is 20.0 Å². The Morgan fingerprint density at radius 2 is 2.32 bits per heavy atom. The fourth-order valence-electron chi connectivity index (χ4n) is 2.11. The number of urea groups is 1. The van der Waals surface area contributed by atoms with Gasteiger partial charge in [-0.15, -0.1) is 0 Å². The summed E-state index contributed by atoms with van der Waals surface area (Å²) in [5, 5.41) is 25.0. The Bertz CT molecular complexity index is 487. The monoisotopic (exact) mass is 268 g/mol. The number of likely N-dealkylation sites (tertiary alicyclic amines) is 1. The van der Waals surface area contributed by atoms with E-state index in [4.69, 9.17) is 5.11 Å². The summed E-state index contributed by atoms with van der Waals surface area (Å²) >= 11 is 0. The molecule has 8 heteroatoms. The van der Waals surface area contributed by atoms with Gasteiger partial charge in [-0.2, -0.15) is 5.10 Å². The van der Waals surface area contributed by atoms with E-state index in [0.717, 1.165) is 10.5 Å². The van der Waals surface area contributed by atoms with Gasteiger partial charge in [0, 0.05) is 38.3 Å². The van der Waals surface area contributed by atoms with Crippen molar-refractivity contribution in [3.05, 3.63) is 18.0 Å². The zero-order chi connectivity index (χ0) is 14.0. The number of carboxylic acid groups (broad SMARTS) is 1. The van der Waals surface area contributed by atoms with Gasteiger partial charge in [0.1, 0.15) is 6.04 Å². The second-order valence-electron chi connectivity index (χ2n) is 4.58. The maximum Gasteiger partial charge on any atom is 0.326 e. The summed E-state index contributed by atoms with van der Waals surface area (Å²) in [7, 11) is 1.77. The first kappa shape index (κ1) is 13.3. The van der Waals surface area contributed by atoms with Crippen LogP contribution in [0.15, 0.2) is 12.4 Å². The number of aromatic nitrogens is 2. The van der Waals surface area contributed by atoms with Crippen molar-refractivity contribution in [2.24, 2.45) is 7.05 Å². The molecule has 0 radical (unpaired) electrons. The summed E-state index contributed by atoms with van der Waals surface area (Å²) in [6.45, 7) is 0.307. The Kier molecular flexibility index (Phi) is 3.70. The van der Waals surface area contributed by atoms with E-state index in [1.807, 2.05) is 0 Å². The molecule has 1 aliphatic rings. The number of aliphatic hydroxyl groups is 1. The van der Waals surface area contributed by atoms with Crippen LogP contribution >= 0.6 is 0 Å². The molecule has 8 nitrogen and oxygen atoms in total. The minimum atomic E-state index is -1.10. The van der Waals surface area contributed by atoms with Crippen LogP contribution in [0.3, 0.4) is 0 Å². The lowest BCUT2D eigenvalue weighted by molar-refractivity contribution is -0.141. The Labute approximate surface area is 109 Å². The molecule has 2 atom stereocenters. The number of aliphatic carboxylic acids is 1. The number of nitrogens with one attached hydrogen (secondary N) is 1. The molecule has 0 bridgehead atoms. The van der Waals surface area contributed by atoms with Crippen LogP contribution in [0.1, 0.15) is 12.0 Å². The molecule has 2 rings (SSSR count). The van der Waals surface area contributed by atoms with Crippen molar-refractivity contribution < 1.29 is 19.8 Å². The lowest BCUT2D eigenvalue weighted by Gasteiger charge is -2.21. The number of carboxylic acids is 1. The van der Waals surface area contributed by atoms with Crippen LogP contribution in [0.4, 0.5) is 4.79 Å². The number of hydrogen-bond acceptors (Lipinski definition) is 4. The zero-order valence-corrected chi connectivity index (χ0v) is 10.5. The molecule has 104 valence electrons. The normalized spacial score (nSPS) is 22.5. The van der Waals surface area contributed by atoms with Crippen molar-refractivity contribution in [2.45, 2.75) is 25.1 Å². The minimum absolute atomic E-state index is 0.0375. The number of β-amino-alcohol motifs (C(OH)–C–C–N with tert-alkyl or cyclic N) is 1. The number of amides is 2. The number of carbonyl (C=O) groups is 2. The van der Waals surface area contributed by atoms with E-state index in [1.54, 1.807) is 24.1 Å². The van der Waals surface area contributed by atoms with Crippen molar-refractivity contribution in [1.29, 1.82) is 0 Å². The van der Waals surface area contributed by atoms with Gasteiger partial charge in [0.25, 0.3) is 0 Å². The van der Waals surface area contributed by atoms with E-state index in [1.165, 1.54) is 0 Å². The highest BCUT2D eigenvalue weighted by Gasteiger charge is 2.38. The number of rotatable bonds is 3. The predicted octanol–water partition coefficient (Wildman–Crippen LogP) is -0.850. The predicted molar refractivity (Wildman–Crippen MR) is 64.2 cm³/mol. The third-order valence-corrected chi connectivity index (χ3v) is 3.03. The summed E-state index contributed by atoms with van der Waals surface area (Å²) < 4.78 is 1.61. The zero-order valence-electron chi connectivity index (χ0n) is 10.5. The van der Waals surface area contributed by atoms with E-state index in [9.17, 15) is 14.7 Å². The highest BCUT2D eigenvalue weighted by Crippen LogP contribution is 2.18. The second kappa shape index (κ2) is 5.27. The molecule has 1 fully saturated rings. The molecule has 19 heavy (non-hydrogen) atoms. The first-order valence-corrected chi connectivity index (χ1v) is 5.90. The molecule has 1 aliphatic heterocycles. The molecule has 3 N–H and O–H groups in total. The van der Waals surface area contributed by atoms with Crippen molar-refractivity contribution in [2.75, 3.05) is 6.54 Å². The molecule has 0 spiro atoms. The fourth-order valence-corrected chi connectivity index (χ4v) is 2.11. The van der Waals surface area contributed by atoms with Gasteiger partial charge in [0.2, 0.25) is 0 Å². The number of carbonyl (C=O) groups excluding carboxylic acids is 1. The summed E-state index contributed by atoms with van der Waals surface area (Å²) in [6, 6.07) is -1.46. The van der Waals surface area contributed by atoms with E-state index >= 15 is 0 Å². The average molecular weight is 268 g/mol. The molecular formula is C11H16N4O4. The van der Waals surface area contributed by atoms with Gasteiger partial charge in [0.15, 0.2) is 0 Å². The first-order valence-electron chi connectivity index (χ1n) is 5.90. The highest BCUT2D eigenvalue weighted by atomic mass is 16.4. The molecule has 0 unspecified atom stereocenters. The SMILES string of the molecule is Cn1cc(CNC(=O)N2C[C@H](O)C[C@H]2C(=O)O)cn1. The molecule has 0 aliphatic carbocycles. The minimum Gasteiger partial charge on any atom is -0.480 e. The summed E-state index contributed by atoms with van der Waals surface area (Å²) in [6.07, 6.45) is 2.65. The number of nitrogens with zero attached hydrogens (tertiary/aromatic N) is 3. The van der Waals surface area contributed by atoms with Crippen molar-refractivity contribution >= 4 is 12.0 Å². The van der Waals surface area contributed by atoms with Crippen LogP contribution in [0.5, 0.6) is 0 Å². The summed E-state index contributed by atoms with van der Waals surface area (Å²) in [4.78, 5) is 24.0. The van der Waals surface area contributed by atoms with Gasteiger partial charge in [-0.25, -0.2) is 9.59 Å². The van der Waals surface area contributed by atoms with Crippen LogP contribution in [-0.4, -0.2) is 55.6 Å². The van der Waals surface area contributed by atoms with E-state index in [2.05, 4.69) is 10.4 Å². The molecule has 0 saturated carbocycles. The van der Waals surface area contributed by atoms with Crippen LogP contribution < -0.4 is 5.32 Å². The quantitative estimate of drug-likeness (QED) is 0.662. The third kappa shape index (κ3) is 3.02. The summed E-state index contributed by atoms with van der Waals surface area (Å²) in [5.74, 6) is -1.10. The molecule has 2 amide bonds. The molecular weight excluding hydrogens is 252 g/mol. The van der Waals surface area contributed by atoms with Crippen LogP contribution in [0.2, 0.25) is 0 Å². The number of hydrogen-bond donors (Lipinski definition) is 3. The molecule has 0 aromatic carbocycles. The van der Waals surface area contributed by atoms with Crippen LogP contribution in [0, 0.1) is 0 Å². The third-order valence-electron chi connectivity index (χ3n) is 3.03. The number of aliphatic hydroxyl groups excluding tert-OH is 1. The first-order chi connectivity index (χ1) is 8.97. The largest absolute Gasteiger partial charge is 0.480 e. The van der Waals surface area contributed by atoms with Crippen LogP contribution in [-0.2, 0) is 18.4 Å². The Balaban J connectivity index is 1.93.